The number of fused-ring (bicyclic) bond motifs is 1. The number of hydrogen-bond donors (Lipinski definition) is 1. The number of carbonyl (C=O) groups excluding carboxylic acids is 1. The predicted molar refractivity (Wildman–Crippen MR) is 74.1 cm³/mol. The molecule has 0 saturated heterocycles. The van der Waals surface area contributed by atoms with Gasteiger partial charge in [-0.05, 0) is 17.5 Å². The Bertz CT molecular complexity index is 677. The molecule has 0 fully saturated rings. The molecule has 0 unspecified atom stereocenters. The number of aliphatic carboxylic acids is 1. The number of halogens is 1. The van der Waals surface area contributed by atoms with Crippen molar-refractivity contribution >= 4 is 33.2 Å². The molecule has 1 N–H and O–H groups in total. The molecule has 1 heterocycles. The molecule has 1 aromatic carbocycles. The Labute approximate surface area is 118 Å². The fraction of sp³-hybridized carbons (Fsp3) is 0.286. The van der Waals surface area contributed by atoms with Crippen molar-refractivity contribution < 1.29 is 23.8 Å². The van der Waals surface area contributed by atoms with Gasteiger partial charge in [0, 0.05) is 17.2 Å². The van der Waals surface area contributed by atoms with Gasteiger partial charge in [-0.25, -0.2) is 4.39 Å². The zero-order valence-electron chi connectivity index (χ0n) is 11.0. The zero-order chi connectivity index (χ0) is 14.9. The first-order chi connectivity index (χ1) is 9.42. The van der Waals surface area contributed by atoms with Crippen molar-refractivity contribution in [2.75, 3.05) is 7.11 Å². The molecule has 0 bridgehead atoms. The van der Waals surface area contributed by atoms with Crippen molar-refractivity contribution in [1.29, 1.82) is 0 Å². The van der Waals surface area contributed by atoms with Crippen molar-refractivity contribution in [3.63, 3.8) is 0 Å². The van der Waals surface area contributed by atoms with E-state index in [0.29, 0.717) is 10.3 Å². The van der Waals surface area contributed by atoms with E-state index in [4.69, 9.17) is 9.84 Å². The van der Waals surface area contributed by atoms with Gasteiger partial charge in [0.05, 0.1) is 17.9 Å². The second kappa shape index (κ2) is 5.58. The predicted octanol–water partition coefficient (Wildman–Crippen LogP) is 3.34. The summed E-state index contributed by atoms with van der Waals surface area (Å²) >= 11 is 1.21. The van der Waals surface area contributed by atoms with Crippen molar-refractivity contribution in [1.82, 2.24) is 0 Å². The SMILES string of the molecule is COc1cc2sc(C(=O)C[C@H](C)C(=O)O)cc2cc1F. The smallest absolute Gasteiger partial charge is 0.306 e. The van der Waals surface area contributed by atoms with Gasteiger partial charge in [0.15, 0.2) is 17.3 Å². The Morgan fingerprint density at radius 1 is 1.40 bits per heavy atom. The molecule has 0 aliphatic heterocycles. The Kier molecular flexibility index (Phi) is 4.04. The summed E-state index contributed by atoms with van der Waals surface area (Å²) in [7, 11) is 1.37. The Morgan fingerprint density at radius 2 is 2.10 bits per heavy atom. The second-order valence-electron chi connectivity index (χ2n) is 4.50. The van der Waals surface area contributed by atoms with Crippen LogP contribution in [0.3, 0.4) is 0 Å². The van der Waals surface area contributed by atoms with E-state index in [9.17, 15) is 14.0 Å². The highest BCUT2D eigenvalue weighted by Crippen LogP contribution is 2.32. The maximum Gasteiger partial charge on any atom is 0.306 e. The minimum absolute atomic E-state index is 0.0677. The lowest BCUT2D eigenvalue weighted by atomic mass is 10.0. The van der Waals surface area contributed by atoms with Crippen molar-refractivity contribution in [2.24, 2.45) is 5.92 Å². The van der Waals surface area contributed by atoms with Gasteiger partial charge in [-0.2, -0.15) is 0 Å². The summed E-state index contributed by atoms with van der Waals surface area (Å²) in [5, 5.41) is 9.42. The maximum absolute atomic E-state index is 13.6. The summed E-state index contributed by atoms with van der Waals surface area (Å²) in [5.41, 5.74) is 0. The number of carboxylic acids is 1. The summed E-state index contributed by atoms with van der Waals surface area (Å²) in [5.74, 6) is -2.36. The fourth-order valence-corrected chi connectivity index (χ4v) is 2.82. The highest BCUT2D eigenvalue weighted by molar-refractivity contribution is 7.20. The highest BCUT2D eigenvalue weighted by atomic mass is 32.1. The topological polar surface area (TPSA) is 63.6 Å². The molecule has 1 atom stereocenters. The van der Waals surface area contributed by atoms with E-state index in [2.05, 4.69) is 0 Å². The van der Waals surface area contributed by atoms with Gasteiger partial charge in [0.1, 0.15) is 0 Å². The number of benzene rings is 1. The number of carbonyl (C=O) groups is 2. The molecule has 20 heavy (non-hydrogen) atoms. The molecule has 0 spiro atoms. The van der Waals surface area contributed by atoms with Crippen LogP contribution in [0.25, 0.3) is 10.1 Å². The molecule has 1 aromatic heterocycles. The first kappa shape index (κ1) is 14.5. The fourth-order valence-electron chi connectivity index (χ4n) is 1.80. The quantitative estimate of drug-likeness (QED) is 0.859. The number of hydrogen-bond acceptors (Lipinski definition) is 4. The van der Waals surface area contributed by atoms with E-state index >= 15 is 0 Å². The van der Waals surface area contributed by atoms with E-state index in [1.807, 2.05) is 0 Å². The lowest BCUT2D eigenvalue weighted by Crippen LogP contribution is -2.13. The molecule has 6 heteroatoms. The number of Topliss-reactive ketones (excluding diaryl/α,β-unsaturated/α-hetero) is 1. The summed E-state index contributed by atoms with van der Waals surface area (Å²) in [6, 6.07) is 4.42. The van der Waals surface area contributed by atoms with Crippen molar-refractivity contribution in [3.8, 4) is 5.75 Å². The van der Waals surface area contributed by atoms with E-state index in [1.165, 1.54) is 37.5 Å². The number of thiophene rings is 1. The minimum atomic E-state index is -1.01. The van der Waals surface area contributed by atoms with Crippen LogP contribution >= 0.6 is 11.3 Å². The van der Waals surface area contributed by atoms with Gasteiger partial charge in [-0.3, -0.25) is 9.59 Å². The number of rotatable bonds is 5. The van der Waals surface area contributed by atoms with Gasteiger partial charge in [0.25, 0.3) is 0 Å². The monoisotopic (exact) mass is 296 g/mol. The van der Waals surface area contributed by atoms with Crippen molar-refractivity contribution in [3.05, 3.63) is 28.9 Å². The second-order valence-corrected chi connectivity index (χ2v) is 5.59. The standard InChI is InChI=1S/C14H13FO4S/c1-7(14(17)18)3-10(16)13-5-8-4-9(15)11(19-2)6-12(8)20-13/h4-7H,3H2,1-2H3,(H,17,18)/t7-/m0/s1. The molecular formula is C14H13FO4S. The van der Waals surface area contributed by atoms with Crippen LogP contribution in [-0.4, -0.2) is 24.0 Å². The third-order valence-corrected chi connectivity index (χ3v) is 4.12. The van der Waals surface area contributed by atoms with Gasteiger partial charge in [0.2, 0.25) is 0 Å². The molecule has 0 aliphatic rings. The molecule has 0 radical (unpaired) electrons. The molecule has 0 amide bonds. The van der Waals surface area contributed by atoms with E-state index in [-0.39, 0.29) is 18.0 Å². The average molecular weight is 296 g/mol. The van der Waals surface area contributed by atoms with Gasteiger partial charge < -0.3 is 9.84 Å². The highest BCUT2D eigenvalue weighted by Gasteiger charge is 2.19. The molecular weight excluding hydrogens is 283 g/mol. The molecule has 106 valence electrons. The first-order valence-corrected chi connectivity index (χ1v) is 6.77. The normalized spacial score (nSPS) is 12.3. The molecule has 2 rings (SSSR count). The van der Waals surface area contributed by atoms with E-state index in [1.54, 1.807) is 6.07 Å². The molecule has 2 aromatic rings. The largest absolute Gasteiger partial charge is 0.494 e. The molecule has 0 saturated carbocycles. The maximum atomic E-state index is 13.6. The Hall–Kier alpha value is -1.95. The zero-order valence-corrected chi connectivity index (χ0v) is 11.8. The van der Waals surface area contributed by atoms with Crippen molar-refractivity contribution in [2.45, 2.75) is 13.3 Å². The van der Waals surface area contributed by atoms with Gasteiger partial charge in [-0.15, -0.1) is 11.3 Å². The number of ketones is 1. The van der Waals surface area contributed by atoms with Crippen LogP contribution in [0.15, 0.2) is 18.2 Å². The van der Waals surface area contributed by atoms with E-state index in [0.717, 1.165) is 4.70 Å². The first-order valence-electron chi connectivity index (χ1n) is 5.95. The van der Waals surface area contributed by atoms with E-state index < -0.39 is 17.7 Å². The summed E-state index contributed by atoms with van der Waals surface area (Å²) in [6.07, 6.45) is -0.0677. The third kappa shape index (κ3) is 2.80. The average Bonchev–Trinajstić information content (AvgIpc) is 2.80. The Balaban J connectivity index is 2.32. The lowest BCUT2D eigenvalue weighted by molar-refractivity contribution is -0.141. The van der Waals surface area contributed by atoms with Gasteiger partial charge >= 0.3 is 5.97 Å². The van der Waals surface area contributed by atoms with Crippen LogP contribution in [0.4, 0.5) is 4.39 Å². The molecule has 4 nitrogen and oxygen atoms in total. The third-order valence-electron chi connectivity index (χ3n) is 2.98. The minimum Gasteiger partial charge on any atom is -0.494 e. The van der Waals surface area contributed by atoms with Crippen LogP contribution in [0.2, 0.25) is 0 Å². The van der Waals surface area contributed by atoms with Crippen LogP contribution in [0, 0.1) is 11.7 Å². The van der Waals surface area contributed by atoms with Crippen LogP contribution < -0.4 is 4.74 Å². The Morgan fingerprint density at radius 3 is 2.70 bits per heavy atom. The number of ether oxygens (including phenoxy) is 1. The molecule has 0 aliphatic carbocycles. The summed E-state index contributed by atoms with van der Waals surface area (Å²) in [6.45, 7) is 1.48. The van der Waals surface area contributed by atoms with Crippen LogP contribution in [-0.2, 0) is 4.79 Å². The van der Waals surface area contributed by atoms with Crippen LogP contribution in [0.5, 0.6) is 5.75 Å². The number of methoxy groups -OCH3 is 1. The summed E-state index contributed by atoms with van der Waals surface area (Å²) in [4.78, 5) is 23.2. The summed E-state index contributed by atoms with van der Waals surface area (Å²) < 4.78 is 19.2. The lowest BCUT2D eigenvalue weighted by Gasteiger charge is -2.02. The van der Waals surface area contributed by atoms with Gasteiger partial charge in [-0.1, -0.05) is 6.92 Å². The van der Waals surface area contributed by atoms with Crippen LogP contribution in [0.1, 0.15) is 23.0 Å². The number of carboxylic acid groups (broad SMARTS) is 1.